The van der Waals surface area contributed by atoms with Crippen LogP contribution in [0.3, 0.4) is 0 Å². The molecular weight excluding hydrogens is 174 g/mol. The van der Waals surface area contributed by atoms with Gasteiger partial charge < -0.3 is 0 Å². The second kappa shape index (κ2) is 2.54. The standard InChI is InChI=1S/C11H9NSi/c1-2-4-10-8(3-1)9-7-12-6-5-11(9)13-10/h1-7H,13H2. The molecule has 2 heteroatoms. The van der Waals surface area contributed by atoms with Crippen LogP contribution in [0.15, 0.2) is 42.7 Å². The highest BCUT2D eigenvalue weighted by atomic mass is 28.2. The number of rotatable bonds is 0. The summed E-state index contributed by atoms with van der Waals surface area (Å²) in [6.45, 7) is 0. The van der Waals surface area contributed by atoms with Crippen molar-refractivity contribution in [2.24, 2.45) is 0 Å². The molecule has 1 aliphatic rings. The molecule has 62 valence electrons. The fourth-order valence-electron chi connectivity index (χ4n) is 1.96. The third kappa shape index (κ3) is 0.955. The van der Waals surface area contributed by atoms with Crippen LogP contribution in [0.5, 0.6) is 0 Å². The van der Waals surface area contributed by atoms with Gasteiger partial charge in [0.25, 0.3) is 0 Å². The van der Waals surface area contributed by atoms with E-state index in [1.54, 1.807) is 5.19 Å². The van der Waals surface area contributed by atoms with E-state index in [4.69, 9.17) is 0 Å². The summed E-state index contributed by atoms with van der Waals surface area (Å²) in [6, 6.07) is 10.9. The van der Waals surface area contributed by atoms with E-state index in [0.29, 0.717) is 0 Å². The highest BCUT2D eigenvalue weighted by Gasteiger charge is 2.16. The fourth-order valence-corrected chi connectivity index (χ4v) is 3.82. The van der Waals surface area contributed by atoms with Gasteiger partial charge in [0.05, 0.1) is 9.52 Å². The third-order valence-corrected chi connectivity index (χ3v) is 4.59. The summed E-state index contributed by atoms with van der Waals surface area (Å²) in [5.41, 5.74) is 2.78. The molecular formula is C11H9NSi. The Bertz CT molecular complexity index is 422. The predicted octanol–water partition coefficient (Wildman–Crippen LogP) is 0.182. The third-order valence-electron chi connectivity index (χ3n) is 2.60. The van der Waals surface area contributed by atoms with Crippen LogP contribution >= 0.6 is 0 Å². The first kappa shape index (κ1) is 7.03. The first-order chi connectivity index (χ1) is 6.45. The summed E-state index contributed by atoms with van der Waals surface area (Å²) in [4.78, 5) is 4.18. The SMILES string of the molecule is c1ccc2c(c1)[SiH2]c1ccncc1-2. The zero-order chi connectivity index (χ0) is 8.67. The maximum Gasteiger partial charge on any atom is 0.0892 e. The predicted molar refractivity (Wildman–Crippen MR) is 57.5 cm³/mol. The van der Waals surface area contributed by atoms with Crippen LogP contribution in [0.25, 0.3) is 11.1 Å². The van der Waals surface area contributed by atoms with Crippen molar-refractivity contribution in [2.45, 2.75) is 0 Å². The highest BCUT2D eigenvalue weighted by molar-refractivity contribution is 6.73. The Morgan fingerprint density at radius 2 is 1.77 bits per heavy atom. The van der Waals surface area contributed by atoms with E-state index in [-0.39, 0.29) is 9.52 Å². The van der Waals surface area contributed by atoms with Crippen molar-refractivity contribution in [3.63, 3.8) is 0 Å². The molecule has 1 aliphatic heterocycles. The monoisotopic (exact) mass is 183 g/mol. The average Bonchev–Trinajstić information content (AvgIpc) is 2.56. The summed E-state index contributed by atoms with van der Waals surface area (Å²) < 4.78 is 0. The number of hydrogen-bond donors (Lipinski definition) is 0. The number of fused-ring (bicyclic) bond motifs is 3. The minimum absolute atomic E-state index is 0.200. The van der Waals surface area contributed by atoms with E-state index < -0.39 is 0 Å². The number of nitrogens with zero attached hydrogens (tertiary/aromatic N) is 1. The van der Waals surface area contributed by atoms with Gasteiger partial charge in [-0.2, -0.15) is 0 Å². The van der Waals surface area contributed by atoms with E-state index in [9.17, 15) is 0 Å². The lowest BCUT2D eigenvalue weighted by molar-refractivity contribution is 1.35. The number of aromatic nitrogens is 1. The number of pyridine rings is 1. The molecule has 0 amide bonds. The molecule has 3 rings (SSSR count). The van der Waals surface area contributed by atoms with Crippen molar-refractivity contribution in [1.29, 1.82) is 0 Å². The smallest absolute Gasteiger partial charge is 0.0892 e. The van der Waals surface area contributed by atoms with Gasteiger partial charge in [0.2, 0.25) is 0 Å². The van der Waals surface area contributed by atoms with Gasteiger partial charge in [-0.3, -0.25) is 4.98 Å². The summed E-state index contributed by atoms with van der Waals surface area (Å²) >= 11 is 0. The molecule has 0 atom stereocenters. The lowest BCUT2D eigenvalue weighted by atomic mass is 10.1. The molecule has 13 heavy (non-hydrogen) atoms. The van der Waals surface area contributed by atoms with E-state index in [1.165, 1.54) is 16.3 Å². The van der Waals surface area contributed by atoms with Crippen LogP contribution in [-0.2, 0) is 0 Å². The zero-order valence-electron chi connectivity index (χ0n) is 7.20. The molecule has 0 saturated heterocycles. The van der Waals surface area contributed by atoms with Gasteiger partial charge >= 0.3 is 0 Å². The molecule has 2 heterocycles. The molecule has 2 aromatic rings. The maximum absolute atomic E-state index is 4.18. The first-order valence-corrected chi connectivity index (χ1v) is 5.88. The average molecular weight is 183 g/mol. The second-order valence-electron chi connectivity index (χ2n) is 3.37. The molecule has 1 aromatic heterocycles. The second-order valence-corrected chi connectivity index (χ2v) is 5.24. The van der Waals surface area contributed by atoms with Gasteiger partial charge in [-0.05, 0) is 17.2 Å². The van der Waals surface area contributed by atoms with Crippen LogP contribution in [0, 0.1) is 0 Å². The van der Waals surface area contributed by atoms with E-state index in [1.807, 2.05) is 12.4 Å². The minimum atomic E-state index is -0.200. The Balaban J connectivity index is 2.32. The van der Waals surface area contributed by atoms with Crippen LogP contribution in [0.4, 0.5) is 0 Å². The Hall–Kier alpha value is -1.41. The van der Waals surface area contributed by atoms with Gasteiger partial charge in [0.1, 0.15) is 0 Å². The van der Waals surface area contributed by atoms with Gasteiger partial charge in [-0.15, -0.1) is 0 Å². The molecule has 0 bridgehead atoms. The lowest BCUT2D eigenvalue weighted by Gasteiger charge is -1.97. The molecule has 0 unspecified atom stereocenters. The van der Waals surface area contributed by atoms with Crippen LogP contribution in [0.2, 0.25) is 0 Å². The van der Waals surface area contributed by atoms with Crippen molar-refractivity contribution >= 4 is 19.9 Å². The highest BCUT2D eigenvalue weighted by Crippen LogP contribution is 2.17. The summed E-state index contributed by atoms with van der Waals surface area (Å²) in [5, 5.41) is 3.10. The van der Waals surface area contributed by atoms with Crippen LogP contribution in [-0.4, -0.2) is 14.5 Å². The Morgan fingerprint density at radius 3 is 2.77 bits per heavy atom. The van der Waals surface area contributed by atoms with E-state index in [2.05, 4.69) is 35.3 Å². The van der Waals surface area contributed by atoms with E-state index >= 15 is 0 Å². The van der Waals surface area contributed by atoms with Gasteiger partial charge in [-0.1, -0.05) is 34.6 Å². The van der Waals surface area contributed by atoms with Crippen molar-refractivity contribution in [1.82, 2.24) is 4.98 Å². The first-order valence-electron chi connectivity index (χ1n) is 4.46. The molecule has 0 N–H and O–H groups in total. The Morgan fingerprint density at radius 1 is 0.923 bits per heavy atom. The van der Waals surface area contributed by atoms with Crippen molar-refractivity contribution < 1.29 is 0 Å². The molecule has 1 nitrogen and oxygen atoms in total. The van der Waals surface area contributed by atoms with Gasteiger partial charge in [-0.25, -0.2) is 0 Å². The van der Waals surface area contributed by atoms with Crippen molar-refractivity contribution in [2.75, 3.05) is 0 Å². The lowest BCUT2D eigenvalue weighted by Crippen LogP contribution is -2.20. The van der Waals surface area contributed by atoms with E-state index in [0.717, 1.165) is 0 Å². The molecule has 0 aliphatic carbocycles. The molecule has 0 fully saturated rings. The zero-order valence-corrected chi connectivity index (χ0v) is 8.61. The summed E-state index contributed by atoms with van der Waals surface area (Å²) in [5.74, 6) is 0. The number of benzene rings is 1. The Labute approximate surface area is 79.3 Å². The summed E-state index contributed by atoms with van der Waals surface area (Å²) in [7, 11) is -0.200. The quantitative estimate of drug-likeness (QED) is 0.453. The normalized spacial score (nSPS) is 14.2. The largest absolute Gasteiger partial charge is 0.264 e. The topological polar surface area (TPSA) is 12.9 Å². The van der Waals surface area contributed by atoms with Crippen molar-refractivity contribution in [3.05, 3.63) is 42.7 Å². The van der Waals surface area contributed by atoms with Crippen LogP contribution < -0.4 is 10.4 Å². The molecule has 0 saturated carbocycles. The Kier molecular flexibility index (Phi) is 1.37. The van der Waals surface area contributed by atoms with Gasteiger partial charge in [0, 0.05) is 12.4 Å². The van der Waals surface area contributed by atoms with Crippen molar-refractivity contribution in [3.8, 4) is 11.1 Å². The maximum atomic E-state index is 4.18. The minimum Gasteiger partial charge on any atom is -0.264 e. The molecule has 0 spiro atoms. The summed E-state index contributed by atoms with van der Waals surface area (Å²) in [6.07, 6.45) is 3.89. The van der Waals surface area contributed by atoms with Gasteiger partial charge in [0.15, 0.2) is 0 Å². The molecule has 0 radical (unpaired) electrons. The number of hydrogen-bond acceptors (Lipinski definition) is 1. The fraction of sp³-hybridized carbons (Fsp3) is 0. The van der Waals surface area contributed by atoms with Crippen LogP contribution in [0.1, 0.15) is 0 Å². The molecule has 1 aromatic carbocycles.